The number of nitrogens with one attached hydrogen (secondary N) is 1. The fourth-order valence-electron chi connectivity index (χ4n) is 3.88. The van der Waals surface area contributed by atoms with Crippen LogP contribution in [0.5, 0.6) is 11.5 Å². The average molecular weight is 450 g/mol. The summed E-state index contributed by atoms with van der Waals surface area (Å²) in [5.41, 5.74) is 3.78. The van der Waals surface area contributed by atoms with Gasteiger partial charge in [0.05, 0.1) is 18.4 Å². The molecule has 1 aliphatic rings. The minimum atomic E-state index is -0.138. The van der Waals surface area contributed by atoms with E-state index in [0.29, 0.717) is 32.8 Å². The topological polar surface area (TPSA) is 92.5 Å². The Morgan fingerprint density at radius 2 is 1.94 bits per heavy atom. The molecule has 1 aliphatic heterocycles. The zero-order valence-corrected chi connectivity index (χ0v) is 19.4. The minimum Gasteiger partial charge on any atom is -0.508 e. The van der Waals surface area contributed by atoms with Crippen molar-refractivity contribution < 1.29 is 14.6 Å². The molecule has 4 rings (SSSR count). The molecule has 2 N–H and O–H groups in total. The molecule has 0 saturated heterocycles. The highest BCUT2D eigenvalue weighted by atomic mass is 16.5. The van der Waals surface area contributed by atoms with Gasteiger partial charge in [0.25, 0.3) is 0 Å². The lowest BCUT2D eigenvalue weighted by Gasteiger charge is -2.25. The molecule has 8 nitrogen and oxygen atoms in total. The Morgan fingerprint density at radius 3 is 2.76 bits per heavy atom. The van der Waals surface area contributed by atoms with Crippen LogP contribution in [0.25, 0.3) is 0 Å². The molecule has 1 aromatic heterocycles. The number of phenolic OH excluding ortho intramolecular Hbond substituents is 1. The molecule has 0 fully saturated rings. The maximum atomic E-state index is 12.2. The number of hydrogen-bond donors (Lipinski definition) is 2. The van der Waals surface area contributed by atoms with Crippen LogP contribution in [0, 0.1) is 0 Å². The summed E-state index contributed by atoms with van der Waals surface area (Å²) in [7, 11) is 0. The fraction of sp³-hybridized carbons (Fsp3) is 0.400. The first-order valence-corrected chi connectivity index (χ1v) is 11.2. The first-order chi connectivity index (χ1) is 15.8. The molecule has 0 atom stereocenters. The molecule has 0 saturated carbocycles. The predicted molar refractivity (Wildman–Crippen MR) is 125 cm³/mol. The third-order valence-electron chi connectivity index (χ3n) is 5.67. The minimum absolute atomic E-state index is 0.0231. The van der Waals surface area contributed by atoms with E-state index in [0.717, 1.165) is 28.1 Å². The Hall–Kier alpha value is -3.39. The number of rotatable bonds is 2. The smallest absolute Gasteiger partial charge is 0.241 e. The number of phenols is 1. The standard InChI is InChI=1S/C25H31N5O3/c1-25(2,3)20-8-9-22(31)19(12-20)14-29-13-18-6-4-5-7-23(18)33-11-10-26-24(32)17-30-16-21(15-29)27-28-30/h4-9,12,16,31H,10-11,13-15,17H2,1-3H3,(H,26,32). The number of para-hydroxylation sites is 1. The predicted octanol–water partition coefficient (Wildman–Crippen LogP) is 2.99. The van der Waals surface area contributed by atoms with Crippen LogP contribution in [-0.4, -0.2) is 44.1 Å². The molecule has 2 heterocycles. The van der Waals surface area contributed by atoms with Crippen LogP contribution in [0.4, 0.5) is 0 Å². The Kier molecular flexibility index (Phi) is 6.65. The van der Waals surface area contributed by atoms with Crippen LogP contribution in [0.1, 0.15) is 43.2 Å². The van der Waals surface area contributed by atoms with Crippen molar-refractivity contribution in [1.29, 1.82) is 0 Å². The molecule has 8 heteroatoms. The SMILES string of the molecule is CC(C)(C)c1ccc(O)c(CN2Cc3cn(nn3)CC(=O)NCCOc3ccccc3C2)c1. The summed E-state index contributed by atoms with van der Waals surface area (Å²) in [4.78, 5) is 14.4. The highest BCUT2D eigenvalue weighted by molar-refractivity contribution is 5.75. The van der Waals surface area contributed by atoms with Crippen molar-refractivity contribution in [2.24, 2.45) is 0 Å². The van der Waals surface area contributed by atoms with Gasteiger partial charge in [0.1, 0.15) is 24.7 Å². The molecule has 0 aliphatic carbocycles. The van der Waals surface area contributed by atoms with Crippen molar-refractivity contribution in [3.05, 3.63) is 71.0 Å². The van der Waals surface area contributed by atoms with E-state index in [-0.39, 0.29) is 23.6 Å². The summed E-state index contributed by atoms with van der Waals surface area (Å²) in [6, 6.07) is 13.7. The maximum Gasteiger partial charge on any atom is 0.241 e. The van der Waals surface area contributed by atoms with Crippen molar-refractivity contribution in [2.75, 3.05) is 13.2 Å². The largest absolute Gasteiger partial charge is 0.508 e. The summed E-state index contributed by atoms with van der Waals surface area (Å²) < 4.78 is 7.51. The zero-order chi connectivity index (χ0) is 23.4. The summed E-state index contributed by atoms with van der Waals surface area (Å²) in [6.07, 6.45) is 1.80. The van der Waals surface area contributed by atoms with Crippen LogP contribution in [0.15, 0.2) is 48.7 Å². The van der Waals surface area contributed by atoms with Gasteiger partial charge in [0.15, 0.2) is 0 Å². The van der Waals surface area contributed by atoms with E-state index >= 15 is 0 Å². The zero-order valence-electron chi connectivity index (χ0n) is 19.4. The van der Waals surface area contributed by atoms with E-state index in [1.165, 1.54) is 0 Å². The van der Waals surface area contributed by atoms with E-state index in [2.05, 4.69) is 47.4 Å². The first kappa shape index (κ1) is 22.8. The van der Waals surface area contributed by atoms with Crippen LogP contribution < -0.4 is 10.1 Å². The molecule has 2 aromatic carbocycles. The van der Waals surface area contributed by atoms with Gasteiger partial charge in [-0.2, -0.15) is 0 Å². The lowest BCUT2D eigenvalue weighted by Crippen LogP contribution is -2.31. The van der Waals surface area contributed by atoms with Gasteiger partial charge in [-0.3, -0.25) is 9.69 Å². The third kappa shape index (κ3) is 5.90. The molecule has 33 heavy (non-hydrogen) atoms. The Bertz CT molecular complexity index is 1120. The van der Waals surface area contributed by atoms with Gasteiger partial charge in [0.2, 0.25) is 5.91 Å². The normalized spacial score (nSPS) is 15.8. The first-order valence-electron chi connectivity index (χ1n) is 11.2. The van der Waals surface area contributed by atoms with Gasteiger partial charge in [-0.05, 0) is 23.1 Å². The van der Waals surface area contributed by atoms with Crippen molar-refractivity contribution in [1.82, 2.24) is 25.2 Å². The van der Waals surface area contributed by atoms with Gasteiger partial charge in [0, 0.05) is 30.8 Å². The van der Waals surface area contributed by atoms with Gasteiger partial charge in [-0.25, -0.2) is 4.68 Å². The lowest BCUT2D eigenvalue weighted by atomic mass is 9.86. The molecule has 0 spiro atoms. The molecule has 3 aromatic rings. The van der Waals surface area contributed by atoms with Gasteiger partial charge >= 0.3 is 0 Å². The van der Waals surface area contributed by atoms with Gasteiger partial charge in [-0.15, -0.1) is 5.10 Å². The van der Waals surface area contributed by atoms with E-state index < -0.39 is 0 Å². The monoisotopic (exact) mass is 449 g/mol. The number of aromatic hydroxyl groups is 1. The van der Waals surface area contributed by atoms with E-state index in [1.807, 2.05) is 30.3 Å². The lowest BCUT2D eigenvalue weighted by molar-refractivity contribution is -0.121. The number of nitrogens with zero attached hydrogens (tertiary/aromatic N) is 4. The molecular weight excluding hydrogens is 418 g/mol. The second-order valence-electron chi connectivity index (χ2n) is 9.45. The number of hydrogen-bond acceptors (Lipinski definition) is 6. The highest BCUT2D eigenvalue weighted by Crippen LogP contribution is 2.29. The number of fused-ring (bicyclic) bond motifs is 3. The number of carbonyl (C=O) groups is 1. The van der Waals surface area contributed by atoms with Gasteiger partial charge in [-0.1, -0.05) is 56.3 Å². The summed E-state index contributed by atoms with van der Waals surface area (Å²) in [6.45, 7) is 9.01. The Morgan fingerprint density at radius 1 is 1.12 bits per heavy atom. The second-order valence-corrected chi connectivity index (χ2v) is 9.45. The molecule has 0 unspecified atom stereocenters. The van der Waals surface area contributed by atoms with Crippen molar-refractivity contribution in [3.63, 3.8) is 0 Å². The number of aromatic nitrogens is 3. The summed E-state index contributed by atoms with van der Waals surface area (Å²) >= 11 is 0. The molecule has 0 radical (unpaired) electrons. The van der Waals surface area contributed by atoms with E-state index in [9.17, 15) is 9.90 Å². The van der Waals surface area contributed by atoms with Gasteiger partial charge < -0.3 is 15.2 Å². The second kappa shape index (κ2) is 9.62. The maximum absolute atomic E-state index is 12.2. The number of benzene rings is 2. The van der Waals surface area contributed by atoms with Crippen molar-refractivity contribution in [2.45, 2.75) is 52.4 Å². The van der Waals surface area contributed by atoms with Crippen LogP contribution in [0.2, 0.25) is 0 Å². The van der Waals surface area contributed by atoms with E-state index in [4.69, 9.17) is 4.74 Å². The van der Waals surface area contributed by atoms with E-state index in [1.54, 1.807) is 16.9 Å². The van der Waals surface area contributed by atoms with Crippen LogP contribution in [0.3, 0.4) is 0 Å². The molecule has 2 bridgehead atoms. The Labute approximate surface area is 194 Å². The molecule has 174 valence electrons. The third-order valence-corrected chi connectivity index (χ3v) is 5.67. The number of carbonyl (C=O) groups excluding carboxylic acids is 1. The molecule has 1 amide bonds. The number of ether oxygens (including phenoxy) is 1. The van der Waals surface area contributed by atoms with Crippen LogP contribution >= 0.6 is 0 Å². The van der Waals surface area contributed by atoms with Crippen molar-refractivity contribution in [3.8, 4) is 11.5 Å². The summed E-state index contributed by atoms with van der Waals surface area (Å²) in [5.74, 6) is 0.915. The Balaban J connectivity index is 1.67. The molecular formula is C25H31N5O3. The fourth-order valence-corrected chi connectivity index (χ4v) is 3.88. The average Bonchev–Trinajstić information content (AvgIpc) is 3.19. The van der Waals surface area contributed by atoms with Crippen LogP contribution in [-0.2, 0) is 36.4 Å². The quantitative estimate of drug-likeness (QED) is 0.625. The summed E-state index contributed by atoms with van der Waals surface area (Å²) in [5, 5.41) is 21.8. The van der Waals surface area contributed by atoms with Crippen molar-refractivity contribution >= 4 is 5.91 Å². The highest BCUT2D eigenvalue weighted by Gasteiger charge is 2.19. The number of amides is 1.